The number of carbonyl (C=O) groups is 1. The average Bonchev–Trinajstić information content (AvgIpc) is 2.33. The van der Waals surface area contributed by atoms with Crippen molar-refractivity contribution in [2.75, 3.05) is 20.1 Å². The number of nitrogens with one attached hydrogen (secondary N) is 1. The van der Waals surface area contributed by atoms with Crippen LogP contribution in [0.4, 0.5) is 0 Å². The number of hydrogen-bond donors (Lipinski definition) is 1. The van der Waals surface area contributed by atoms with E-state index in [-0.39, 0.29) is 24.4 Å². The number of rotatable bonds is 2. The monoisotopic (exact) mass is 290 g/mol. The Bertz CT molecular complexity index is 391. The van der Waals surface area contributed by atoms with Crippen LogP contribution in [-0.2, 0) is 0 Å². The molecule has 7 heteroatoms. The van der Waals surface area contributed by atoms with Gasteiger partial charge in [-0.2, -0.15) is 0 Å². The second-order valence-electron chi connectivity index (χ2n) is 4.29. The molecular weight excluding hydrogens is 275 g/mol. The smallest absolute Gasteiger partial charge is 0.272 e. The molecule has 0 bridgehead atoms. The number of aromatic nitrogens is 2. The highest BCUT2D eigenvalue weighted by Crippen LogP contribution is 2.09. The highest BCUT2D eigenvalue weighted by molar-refractivity contribution is 6.29. The van der Waals surface area contributed by atoms with Gasteiger partial charge in [-0.25, -0.2) is 0 Å². The van der Waals surface area contributed by atoms with E-state index in [0.717, 1.165) is 25.9 Å². The third-order valence-corrected chi connectivity index (χ3v) is 3.12. The van der Waals surface area contributed by atoms with Crippen LogP contribution in [-0.4, -0.2) is 47.2 Å². The molecule has 2 rings (SSSR count). The first kappa shape index (κ1) is 15.1. The zero-order valence-electron chi connectivity index (χ0n) is 10.1. The van der Waals surface area contributed by atoms with E-state index in [2.05, 4.69) is 27.5 Å². The van der Waals surface area contributed by atoms with Crippen LogP contribution < -0.4 is 5.32 Å². The fraction of sp³-hybridized carbons (Fsp3) is 0.545. The minimum absolute atomic E-state index is 0. The van der Waals surface area contributed by atoms with Crippen LogP contribution in [0.3, 0.4) is 0 Å². The van der Waals surface area contributed by atoms with Gasteiger partial charge in [0.1, 0.15) is 0 Å². The van der Waals surface area contributed by atoms with Gasteiger partial charge in [-0.05, 0) is 45.1 Å². The van der Waals surface area contributed by atoms with Crippen molar-refractivity contribution in [2.24, 2.45) is 0 Å². The predicted molar refractivity (Wildman–Crippen MR) is 72.3 cm³/mol. The summed E-state index contributed by atoms with van der Waals surface area (Å²) in [4.78, 5) is 14.1. The van der Waals surface area contributed by atoms with Gasteiger partial charge in [0.25, 0.3) is 5.91 Å². The third-order valence-electron chi connectivity index (χ3n) is 2.92. The average molecular weight is 291 g/mol. The summed E-state index contributed by atoms with van der Waals surface area (Å²) in [5.74, 6) is -0.177. The number of halogens is 2. The molecule has 1 amide bonds. The maximum Gasteiger partial charge on any atom is 0.272 e. The van der Waals surface area contributed by atoms with Gasteiger partial charge in [0, 0.05) is 6.04 Å². The van der Waals surface area contributed by atoms with Gasteiger partial charge in [0.2, 0.25) is 0 Å². The van der Waals surface area contributed by atoms with Gasteiger partial charge < -0.3 is 10.2 Å². The Hall–Kier alpha value is -0.910. The lowest BCUT2D eigenvalue weighted by Crippen LogP contribution is -2.43. The zero-order valence-corrected chi connectivity index (χ0v) is 11.7. The summed E-state index contributed by atoms with van der Waals surface area (Å²) in [6.45, 7) is 2.02. The number of amides is 1. The summed E-state index contributed by atoms with van der Waals surface area (Å²) in [6, 6.07) is 3.38. The lowest BCUT2D eigenvalue weighted by Gasteiger charge is -2.29. The molecule has 5 nitrogen and oxygen atoms in total. The summed E-state index contributed by atoms with van der Waals surface area (Å²) in [5.41, 5.74) is 0.313. The first-order valence-electron chi connectivity index (χ1n) is 5.64. The van der Waals surface area contributed by atoms with Gasteiger partial charge in [0.15, 0.2) is 10.8 Å². The van der Waals surface area contributed by atoms with Gasteiger partial charge in [-0.3, -0.25) is 4.79 Å². The van der Waals surface area contributed by atoms with Crippen LogP contribution >= 0.6 is 24.0 Å². The molecule has 1 aliphatic heterocycles. The summed E-state index contributed by atoms with van der Waals surface area (Å²) in [6.07, 6.45) is 1.95. The van der Waals surface area contributed by atoms with E-state index in [4.69, 9.17) is 11.6 Å². The fourth-order valence-corrected chi connectivity index (χ4v) is 1.95. The van der Waals surface area contributed by atoms with Gasteiger partial charge >= 0.3 is 0 Å². The number of carbonyl (C=O) groups excluding carboxylic acids is 1. The molecule has 0 atom stereocenters. The molecule has 18 heavy (non-hydrogen) atoms. The quantitative estimate of drug-likeness (QED) is 0.894. The lowest BCUT2D eigenvalue weighted by atomic mass is 10.1. The van der Waals surface area contributed by atoms with E-state index >= 15 is 0 Å². The van der Waals surface area contributed by atoms with Crippen molar-refractivity contribution >= 4 is 29.9 Å². The van der Waals surface area contributed by atoms with Crippen molar-refractivity contribution in [3.05, 3.63) is 23.0 Å². The summed E-state index contributed by atoms with van der Waals surface area (Å²) in [5, 5.41) is 10.7. The first-order valence-corrected chi connectivity index (χ1v) is 6.01. The van der Waals surface area contributed by atoms with Crippen molar-refractivity contribution in [1.82, 2.24) is 20.4 Å². The Kier molecular flexibility index (Phi) is 5.78. The molecule has 1 aromatic rings. The van der Waals surface area contributed by atoms with E-state index in [1.165, 1.54) is 0 Å². The molecule has 1 saturated heterocycles. The maximum absolute atomic E-state index is 11.8. The van der Waals surface area contributed by atoms with Gasteiger partial charge in [0.05, 0.1) is 0 Å². The molecule has 0 aromatic carbocycles. The molecule has 1 fully saturated rings. The summed E-state index contributed by atoms with van der Waals surface area (Å²) >= 11 is 5.61. The van der Waals surface area contributed by atoms with E-state index in [1.807, 2.05) is 0 Å². The minimum Gasteiger partial charge on any atom is -0.348 e. The molecule has 0 aliphatic carbocycles. The van der Waals surface area contributed by atoms with Crippen molar-refractivity contribution in [1.29, 1.82) is 0 Å². The molecule has 1 N–H and O–H groups in total. The molecule has 0 saturated carbocycles. The SMILES string of the molecule is CN1CCC(NC(=O)c2ccc(Cl)nn2)CC1.Cl. The van der Waals surface area contributed by atoms with E-state index in [0.29, 0.717) is 10.8 Å². The van der Waals surface area contributed by atoms with Crippen molar-refractivity contribution < 1.29 is 4.79 Å². The van der Waals surface area contributed by atoms with Crippen molar-refractivity contribution in [2.45, 2.75) is 18.9 Å². The summed E-state index contributed by atoms with van der Waals surface area (Å²) < 4.78 is 0. The number of likely N-dealkylation sites (tertiary alicyclic amines) is 1. The Morgan fingerprint density at radius 3 is 2.61 bits per heavy atom. The molecule has 0 unspecified atom stereocenters. The van der Waals surface area contributed by atoms with Crippen molar-refractivity contribution in [3.63, 3.8) is 0 Å². The highest BCUT2D eigenvalue weighted by Gasteiger charge is 2.19. The minimum atomic E-state index is -0.177. The topological polar surface area (TPSA) is 58.1 Å². The molecule has 1 aliphatic rings. The molecule has 2 heterocycles. The number of hydrogen-bond acceptors (Lipinski definition) is 4. The Morgan fingerprint density at radius 1 is 1.39 bits per heavy atom. The second-order valence-corrected chi connectivity index (χ2v) is 4.68. The van der Waals surface area contributed by atoms with Crippen LogP contribution in [0.1, 0.15) is 23.3 Å². The first-order chi connectivity index (χ1) is 8.15. The fourth-order valence-electron chi connectivity index (χ4n) is 1.85. The summed E-state index contributed by atoms with van der Waals surface area (Å²) in [7, 11) is 2.09. The van der Waals surface area contributed by atoms with Crippen LogP contribution in [0.5, 0.6) is 0 Å². The Morgan fingerprint density at radius 2 is 2.06 bits per heavy atom. The Labute approximate surface area is 117 Å². The number of nitrogens with zero attached hydrogens (tertiary/aromatic N) is 3. The van der Waals surface area contributed by atoms with Crippen LogP contribution in [0.15, 0.2) is 12.1 Å². The third kappa shape index (κ3) is 4.08. The zero-order chi connectivity index (χ0) is 12.3. The van der Waals surface area contributed by atoms with Gasteiger partial charge in [-0.1, -0.05) is 11.6 Å². The lowest BCUT2D eigenvalue weighted by molar-refractivity contribution is 0.0911. The van der Waals surface area contributed by atoms with E-state index in [1.54, 1.807) is 12.1 Å². The van der Waals surface area contributed by atoms with E-state index < -0.39 is 0 Å². The standard InChI is InChI=1S/C11H15ClN4O.ClH/c1-16-6-4-8(5-7-16)13-11(17)9-2-3-10(12)15-14-9;/h2-3,8H,4-7H2,1H3,(H,13,17);1H. The maximum atomic E-state index is 11.8. The van der Waals surface area contributed by atoms with E-state index in [9.17, 15) is 4.79 Å². The molecule has 100 valence electrons. The largest absolute Gasteiger partial charge is 0.348 e. The highest BCUT2D eigenvalue weighted by atomic mass is 35.5. The second kappa shape index (κ2) is 6.87. The molecule has 0 spiro atoms. The number of piperidine rings is 1. The van der Waals surface area contributed by atoms with Crippen LogP contribution in [0.2, 0.25) is 5.15 Å². The van der Waals surface area contributed by atoms with Crippen LogP contribution in [0, 0.1) is 0 Å². The van der Waals surface area contributed by atoms with Gasteiger partial charge in [-0.15, -0.1) is 22.6 Å². The molecular formula is C11H16Cl2N4O. The molecule has 0 radical (unpaired) electrons. The normalized spacial score (nSPS) is 17.0. The molecule has 1 aromatic heterocycles. The predicted octanol–water partition coefficient (Wildman–Crippen LogP) is 1.38. The van der Waals surface area contributed by atoms with Crippen molar-refractivity contribution in [3.8, 4) is 0 Å². The Balaban J connectivity index is 0.00000162. The van der Waals surface area contributed by atoms with Crippen LogP contribution in [0.25, 0.3) is 0 Å².